The first-order valence-electron chi connectivity index (χ1n) is 6.44. The number of rotatable bonds is 5. The van der Waals surface area contributed by atoms with Crippen molar-refractivity contribution in [1.29, 1.82) is 0 Å². The lowest BCUT2D eigenvalue weighted by Gasteiger charge is -2.09. The van der Waals surface area contributed by atoms with Gasteiger partial charge in [0.25, 0.3) is 0 Å². The molecule has 0 atom stereocenters. The summed E-state index contributed by atoms with van der Waals surface area (Å²) < 4.78 is 0. The Morgan fingerprint density at radius 2 is 1.75 bits per heavy atom. The summed E-state index contributed by atoms with van der Waals surface area (Å²) in [6, 6.07) is 0. The fourth-order valence-corrected chi connectivity index (χ4v) is 3.18. The number of thiazole rings is 2. The number of nitrogens with zero attached hydrogens (tertiary/aromatic N) is 3. The van der Waals surface area contributed by atoms with Crippen LogP contribution in [0.25, 0.3) is 0 Å². The van der Waals surface area contributed by atoms with Crippen molar-refractivity contribution >= 4 is 28.6 Å². The molecule has 2 rings (SSSR count). The zero-order chi connectivity index (χ0) is 14.4. The first-order valence-corrected chi connectivity index (χ1v) is 8.08. The minimum absolute atomic E-state index is 0.703. The third-order valence-electron chi connectivity index (χ3n) is 2.60. The molecule has 2 aromatic rings. The predicted octanol–water partition coefficient (Wildman–Crippen LogP) is 2.12. The third-order valence-corrected chi connectivity index (χ3v) is 4.49. The molecule has 5 nitrogen and oxygen atoms in total. The molecular formula is C13H19N5S2. The van der Waals surface area contributed by atoms with Crippen LogP contribution in [0.4, 0.5) is 0 Å². The molecule has 0 aliphatic carbocycles. The summed E-state index contributed by atoms with van der Waals surface area (Å²) in [7, 11) is 1.77. The molecule has 2 aromatic heterocycles. The van der Waals surface area contributed by atoms with E-state index in [1.54, 1.807) is 29.7 Å². The van der Waals surface area contributed by atoms with Gasteiger partial charge in [0.05, 0.1) is 11.6 Å². The van der Waals surface area contributed by atoms with Gasteiger partial charge in [0, 0.05) is 42.2 Å². The molecule has 2 N–H and O–H groups in total. The molecule has 108 valence electrons. The quantitative estimate of drug-likeness (QED) is 0.656. The second kappa shape index (κ2) is 7.35. The van der Waals surface area contributed by atoms with Gasteiger partial charge in [-0.1, -0.05) is 0 Å². The normalized spacial score (nSPS) is 11.7. The number of aliphatic imine (C=N–C) groups is 1. The van der Waals surface area contributed by atoms with E-state index >= 15 is 0 Å². The standard InChI is InChI=1S/C13H19N5S2/c1-9-6-16-11(19-9)4-5-15-13(14-3)18-8-12-17-7-10(2)20-12/h6-7H,4-5,8H2,1-3H3,(H2,14,15,18). The van der Waals surface area contributed by atoms with Crippen LogP contribution < -0.4 is 10.6 Å². The molecule has 0 unspecified atom stereocenters. The number of nitrogens with one attached hydrogen (secondary N) is 2. The van der Waals surface area contributed by atoms with Gasteiger partial charge in [-0.15, -0.1) is 22.7 Å². The van der Waals surface area contributed by atoms with Crippen molar-refractivity contribution in [2.45, 2.75) is 26.8 Å². The lowest BCUT2D eigenvalue weighted by Crippen LogP contribution is -2.37. The molecule has 7 heteroatoms. The molecule has 0 aromatic carbocycles. The van der Waals surface area contributed by atoms with E-state index in [-0.39, 0.29) is 0 Å². The SMILES string of the molecule is CN=C(NCCc1ncc(C)s1)NCc1ncc(C)s1. The third kappa shape index (κ3) is 4.57. The van der Waals surface area contributed by atoms with Crippen molar-refractivity contribution in [1.82, 2.24) is 20.6 Å². The number of hydrogen-bond donors (Lipinski definition) is 2. The maximum atomic E-state index is 4.34. The zero-order valence-corrected chi connectivity index (χ0v) is 13.6. The first-order chi connectivity index (χ1) is 9.67. The van der Waals surface area contributed by atoms with E-state index in [1.165, 1.54) is 9.75 Å². The number of hydrogen-bond acceptors (Lipinski definition) is 5. The van der Waals surface area contributed by atoms with Crippen molar-refractivity contribution < 1.29 is 0 Å². The monoisotopic (exact) mass is 309 g/mol. The highest BCUT2D eigenvalue weighted by atomic mass is 32.1. The molecule has 2 heterocycles. The number of guanidine groups is 1. The number of aryl methyl sites for hydroxylation is 2. The fourth-order valence-electron chi connectivity index (χ4n) is 1.67. The Labute approximate surface area is 127 Å². The van der Waals surface area contributed by atoms with E-state index < -0.39 is 0 Å². The van der Waals surface area contributed by atoms with Crippen LogP contribution in [-0.2, 0) is 13.0 Å². The fraction of sp³-hybridized carbons (Fsp3) is 0.462. The van der Waals surface area contributed by atoms with Gasteiger partial charge in [-0.25, -0.2) is 9.97 Å². The molecule has 20 heavy (non-hydrogen) atoms. The van der Waals surface area contributed by atoms with Crippen LogP contribution in [0.3, 0.4) is 0 Å². The van der Waals surface area contributed by atoms with E-state index in [4.69, 9.17) is 0 Å². The highest BCUT2D eigenvalue weighted by Crippen LogP contribution is 2.11. The minimum atomic E-state index is 0.703. The lowest BCUT2D eigenvalue weighted by atomic mass is 10.4. The van der Waals surface area contributed by atoms with Crippen molar-refractivity contribution in [3.05, 3.63) is 32.2 Å². The molecule has 0 radical (unpaired) electrons. The van der Waals surface area contributed by atoms with Crippen LogP contribution >= 0.6 is 22.7 Å². The Kier molecular flexibility index (Phi) is 5.49. The Bertz CT molecular complexity index is 573. The van der Waals surface area contributed by atoms with Crippen LogP contribution in [-0.4, -0.2) is 29.5 Å². The average Bonchev–Trinajstić information content (AvgIpc) is 3.02. The maximum Gasteiger partial charge on any atom is 0.191 e. The second-order valence-electron chi connectivity index (χ2n) is 4.33. The Balaban J connectivity index is 1.72. The van der Waals surface area contributed by atoms with Crippen molar-refractivity contribution in [3.8, 4) is 0 Å². The molecule has 0 aliphatic heterocycles. The molecule has 0 amide bonds. The van der Waals surface area contributed by atoms with Crippen molar-refractivity contribution in [3.63, 3.8) is 0 Å². The summed E-state index contributed by atoms with van der Waals surface area (Å²) in [5.41, 5.74) is 0. The van der Waals surface area contributed by atoms with Crippen LogP contribution in [0.5, 0.6) is 0 Å². The Morgan fingerprint density at radius 1 is 1.10 bits per heavy atom. The van der Waals surface area contributed by atoms with Gasteiger partial charge in [0.15, 0.2) is 5.96 Å². The topological polar surface area (TPSA) is 62.2 Å². The highest BCUT2D eigenvalue weighted by Gasteiger charge is 2.02. The van der Waals surface area contributed by atoms with E-state index in [0.717, 1.165) is 28.9 Å². The second-order valence-corrected chi connectivity index (χ2v) is 6.97. The highest BCUT2D eigenvalue weighted by molar-refractivity contribution is 7.11. The van der Waals surface area contributed by atoms with Gasteiger partial charge in [-0.05, 0) is 13.8 Å². The van der Waals surface area contributed by atoms with Gasteiger partial charge in [0.1, 0.15) is 5.01 Å². The zero-order valence-electron chi connectivity index (χ0n) is 11.9. The molecule has 0 aliphatic rings. The first kappa shape index (κ1) is 14.9. The van der Waals surface area contributed by atoms with Crippen molar-refractivity contribution in [2.75, 3.05) is 13.6 Å². The Morgan fingerprint density at radius 3 is 2.30 bits per heavy atom. The minimum Gasteiger partial charge on any atom is -0.356 e. The molecule has 0 saturated carbocycles. The summed E-state index contributed by atoms with van der Waals surface area (Å²) in [4.78, 5) is 15.3. The van der Waals surface area contributed by atoms with Crippen LogP contribution in [0.2, 0.25) is 0 Å². The summed E-state index contributed by atoms with van der Waals surface area (Å²) in [6.07, 6.45) is 4.72. The van der Waals surface area contributed by atoms with Gasteiger partial charge in [-0.3, -0.25) is 4.99 Å². The summed E-state index contributed by atoms with van der Waals surface area (Å²) in [5, 5.41) is 8.77. The smallest absolute Gasteiger partial charge is 0.191 e. The van der Waals surface area contributed by atoms with Gasteiger partial charge >= 0.3 is 0 Å². The van der Waals surface area contributed by atoms with E-state index in [9.17, 15) is 0 Å². The largest absolute Gasteiger partial charge is 0.356 e. The Hall–Kier alpha value is -1.47. The molecule has 0 fully saturated rings. The van der Waals surface area contributed by atoms with E-state index in [1.807, 2.05) is 12.4 Å². The molecule has 0 spiro atoms. The lowest BCUT2D eigenvalue weighted by molar-refractivity contribution is 0.789. The van der Waals surface area contributed by atoms with Crippen LogP contribution in [0.1, 0.15) is 19.8 Å². The summed E-state index contributed by atoms with van der Waals surface area (Å²) in [6.45, 7) is 5.66. The molecule has 0 saturated heterocycles. The van der Waals surface area contributed by atoms with Gasteiger partial charge < -0.3 is 10.6 Å². The predicted molar refractivity (Wildman–Crippen MR) is 85.6 cm³/mol. The van der Waals surface area contributed by atoms with Crippen LogP contribution in [0, 0.1) is 13.8 Å². The van der Waals surface area contributed by atoms with Gasteiger partial charge in [0.2, 0.25) is 0 Å². The van der Waals surface area contributed by atoms with E-state index in [2.05, 4.69) is 39.4 Å². The van der Waals surface area contributed by atoms with E-state index in [0.29, 0.717) is 6.54 Å². The number of aromatic nitrogens is 2. The van der Waals surface area contributed by atoms with Gasteiger partial charge in [-0.2, -0.15) is 0 Å². The molecular weight excluding hydrogens is 290 g/mol. The average molecular weight is 309 g/mol. The maximum absolute atomic E-state index is 4.34. The van der Waals surface area contributed by atoms with Crippen LogP contribution in [0.15, 0.2) is 17.4 Å². The summed E-state index contributed by atoms with van der Waals surface area (Å²) in [5.74, 6) is 0.797. The molecule has 0 bridgehead atoms. The van der Waals surface area contributed by atoms with Crippen molar-refractivity contribution in [2.24, 2.45) is 4.99 Å². The summed E-state index contributed by atoms with van der Waals surface area (Å²) >= 11 is 3.44.